The highest BCUT2D eigenvalue weighted by Gasteiger charge is 2.29. The first-order valence-electron chi connectivity index (χ1n) is 9.99. The van der Waals surface area contributed by atoms with E-state index in [-0.39, 0.29) is 24.8 Å². The van der Waals surface area contributed by atoms with Crippen molar-refractivity contribution in [1.82, 2.24) is 10.2 Å². The number of hydrogen-bond donors (Lipinski definition) is 1. The van der Waals surface area contributed by atoms with Gasteiger partial charge in [0.05, 0.1) is 6.42 Å². The molecule has 1 unspecified atom stereocenters. The third kappa shape index (κ3) is 6.48. The summed E-state index contributed by atoms with van der Waals surface area (Å²) < 4.78 is 0. The molecule has 1 N–H and O–H groups in total. The topological polar surface area (TPSA) is 49.4 Å². The molecule has 2 aromatic carbocycles. The maximum Gasteiger partial charge on any atom is 0.242 e. The van der Waals surface area contributed by atoms with Gasteiger partial charge in [-0.1, -0.05) is 47.5 Å². The molecule has 0 heterocycles. The monoisotopic (exact) mass is 448 g/mol. The van der Waals surface area contributed by atoms with Crippen molar-refractivity contribution >= 4 is 35.0 Å². The van der Waals surface area contributed by atoms with E-state index in [0.717, 1.165) is 11.1 Å². The van der Waals surface area contributed by atoms with Crippen LogP contribution in [-0.2, 0) is 22.6 Å². The van der Waals surface area contributed by atoms with E-state index in [1.807, 2.05) is 52.8 Å². The fourth-order valence-electron chi connectivity index (χ4n) is 3.10. The zero-order valence-corrected chi connectivity index (χ0v) is 20.0. The molecule has 0 spiro atoms. The maximum absolute atomic E-state index is 13.3. The lowest BCUT2D eigenvalue weighted by Gasteiger charge is -2.32. The van der Waals surface area contributed by atoms with Crippen molar-refractivity contribution in [1.29, 1.82) is 0 Å². The lowest BCUT2D eigenvalue weighted by molar-refractivity contribution is -0.140. The van der Waals surface area contributed by atoms with Gasteiger partial charge < -0.3 is 10.2 Å². The van der Waals surface area contributed by atoms with Gasteiger partial charge in [-0.2, -0.15) is 0 Å². The third-order valence-electron chi connectivity index (χ3n) is 4.98. The smallest absolute Gasteiger partial charge is 0.242 e. The van der Waals surface area contributed by atoms with E-state index in [0.29, 0.717) is 15.6 Å². The highest BCUT2D eigenvalue weighted by Crippen LogP contribution is 2.27. The van der Waals surface area contributed by atoms with Gasteiger partial charge in [0.25, 0.3) is 0 Å². The fourth-order valence-corrected chi connectivity index (χ4v) is 3.62. The number of hydrogen-bond acceptors (Lipinski definition) is 2. The lowest BCUT2D eigenvalue weighted by Crippen LogP contribution is -2.52. The zero-order valence-electron chi connectivity index (χ0n) is 18.5. The Balaban J connectivity index is 2.35. The zero-order chi connectivity index (χ0) is 22.6. The van der Waals surface area contributed by atoms with Gasteiger partial charge in [-0.25, -0.2) is 0 Å². The highest BCUT2D eigenvalue weighted by atomic mass is 35.5. The van der Waals surface area contributed by atoms with Crippen LogP contribution in [0.2, 0.25) is 10.0 Å². The Bertz CT molecular complexity index is 915. The van der Waals surface area contributed by atoms with Crippen LogP contribution in [-0.4, -0.2) is 28.3 Å². The Labute approximate surface area is 189 Å². The van der Waals surface area contributed by atoms with Gasteiger partial charge >= 0.3 is 0 Å². The molecule has 0 radical (unpaired) electrons. The molecule has 1 atom stereocenters. The molecule has 30 heavy (non-hydrogen) atoms. The number of nitrogens with zero attached hydrogens (tertiary/aromatic N) is 1. The first-order valence-corrected chi connectivity index (χ1v) is 10.7. The third-order valence-corrected chi connectivity index (χ3v) is 5.69. The van der Waals surface area contributed by atoms with Gasteiger partial charge in [0.2, 0.25) is 11.8 Å². The molecular formula is C24H30Cl2N2O2. The van der Waals surface area contributed by atoms with Crippen molar-refractivity contribution in [3.8, 4) is 0 Å². The Morgan fingerprint density at radius 2 is 1.63 bits per heavy atom. The number of aryl methyl sites for hydroxylation is 2. The Morgan fingerprint density at radius 1 is 1.03 bits per heavy atom. The van der Waals surface area contributed by atoms with Crippen molar-refractivity contribution < 1.29 is 9.59 Å². The molecular weight excluding hydrogens is 419 g/mol. The van der Waals surface area contributed by atoms with E-state index in [4.69, 9.17) is 23.2 Å². The molecule has 0 fully saturated rings. The van der Waals surface area contributed by atoms with Crippen LogP contribution in [0.5, 0.6) is 0 Å². The predicted octanol–water partition coefficient (Wildman–Crippen LogP) is 5.48. The van der Waals surface area contributed by atoms with Crippen molar-refractivity contribution in [3.63, 3.8) is 0 Å². The highest BCUT2D eigenvalue weighted by molar-refractivity contribution is 6.36. The maximum atomic E-state index is 13.3. The first-order chi connectivity index (χ1) is 13.9. The van der Waals surface area contributed by atoms with Crippen LogP contribution in [0.25, 0.3) is 0 Å². The van der Waals surface area contributed by atoms with E-state index >= 15 is 0 Å². The molecule has 0 bridgehead atoms. The number of nitrogens with one attached hydrogen (secondary N) is 1. The van der Waals surface area contributed by atoms with Gasteiger partial charge in [0.15, 0.2) is 0 Å². The normalized spacial score (nSPS) is 12.4. The Morgan fingerprint density at radius 3 is 2.17 bits per heavy atom. The number of halogens is 2. The Hall–Kier alpha value is -2.04. The average Bonchev–Trinajstić information content (AvgIpc) is 2.62. The molecule has 0 aliphatic rings. The number of carbonyl (C=O) groups excluding carboxylic acids is 2. The number of rotatable bonds is 6. The SMILES string of the molecule is Cc1ccc(CC(=O)N(Cc2c(Cl)cccc2Cl)C(C)C(=O)NC(C)(C)C)cc1C. The second-order valence-electron chi connectivity index (χ2n) is 8.73. The summed E-state index contributed by atoms with van der Waals surface area (Å²) in [5, 5.41) is 3.89. The molecule has 6 heteroatoms. The van der Waals surface area contributed by atoms with Gasteiger partial charge in [-0.3, -0.25) is 9.59 Å². The van der Waals surface area contributed by atoms with E-state index in [1.165, 1.54) is 5.56 Å². The van der Waals surface area contributed by atoms with E-state index in [2.05, 4.69) is 5.32 Å². The van der Waals surface area contributed by atoms with E-state index in [1.54, 1.807) is 30.0 Å². The fraction of sp³-hybridized carbons (Fsp3) is 0.417. The molecule has 162 valence electrons. The van der Waals surface area contributed by atoms with Gasteiger partial charge in [-0.05, 0) is 70.4 Å². The summed E-state index contributed by atoms with van der Waals surface area (Å²) in [6.45, 7) is 11.7. The number of carbonyl (C=O) groups is 2. The summed E-state index contributed by atoms with van der Waals surface area (Å²) in [7, 11) is 0. The van der Waals surface area contributed by atoms with Crippen LogP contribution >= 0.6 is 23.2 Å². The largest absolute Gasteiger partial charge is 0.350 e. The first kappa shape index (κ1) is 24.2. The average molecular weight is 449 g/mol. The summed E-state index contributed by atoms with van der Waals surface area (Å²) in [4.78, 5) is 27.7. The van der Waals surface area contributed by atoms with Gasteiger partial charge in [-0.15, -0.1) is 0 Å². The minimum absolute atomic E-state index is 0.154. The van der Waals surface area contributed by atoms with Gasteiger partial charge in [0.1, 0.15) is 6.04 Å². The summed E-state index contributed by atoms with van der Waals surface area (Å²) in [5.41, 5.74) is 3.42. The molecule has 0 aliphatic carbocycles. The van der Waals surface area contributed by atoms with Crippen molar-refractivity contribution in [2.45, 2.75) is 66.1 Å². The summed E-state index contributed by atoms with van der Waals surface area (Å²) in [6, 6.07) is 10.5. The number of benzene rings is 2. The molecule has 4 nitrogen and oxygen atoms in total. The van der Waals surface area contributed by atoms with Crippen molar-refractivity contribution in [2.75, 3.05) is 0 Å². The number of amides is 2. The molecule has 0 aromatic heterocycles. The van der Waals surface area contributed by atoms with E-state index in [9.17, 15) is 9.59 Å². The quantitative estimate of drug-likeness (QED) is 0.635. The molecule has 0 saturated carbocycles. The van der Waals surface area contributed by atoms with Crippen LogP contribution in [0, 0.1) is 13.8 Å². The van der Waals surface area contributed by atoms with E-state index < -0.39 is 11.6 Å². The van der Waals surface area contributed by atoms with Crippen molar-refractivity contribution in [3.05, 3.63) is 68.7 Å². The lowest BCUT2D eigenvalue weighted by atomic mass is 10.0. The Kier molecular flexibility index (Phi) is 7.95. The van der Waals surface area contributed by atoms with Crippen LogP contribution in [0.15, 0.2) is 36.4 Å². The molecule has 2 aromatic rings. The summed E-state index contributed by atoms with van der Waals surface area (Å²) >= 11 is 12.7. The minimum atomic E-state index is -0.685. The standard InChI is InChI=1S/C24H30Cl2N2O2/c1-15-10-11-18(12-16(15)2)13-22(29)28(17(3)23(30)27-24(4,5)6)14-19-20(25)8-7-9-21(19)26/h7-12,17H,13-14H2,1-6H3,(H,27,30). The van der Waals surface area contributed by atoms with Crippen LogP contribution < -0.4 is 5.32 Å². The predicted molar refractivity (Wildman–Crippen MR) is 124 cm³/mol. The molecule has 2 amide bonds. The second-order valence-corrected chi connectivity index (χ2v) is 9.55. The van der Waals surface area contributed by atoms with Crippen LogP contribution in [0.4, 0.5) is 0 Å². The van der Waals surface area contributed by atoms with Crippen molar-refractivity contribution in [2.24, 2.45) is 0 Å². The molecule has 0 aliphatic heterocycles. The molecule has 2 rings (SSSR count). The summed E-state index contributed by atoms with van der Waals surface area (Å²) in [5.74, 6) is -0.384. The van der Waals surface area contributed by atoms with Crippen LogP contribution in [0.3, 0.4) is 0 Å². The van der Waals surface area contributed by atoms with Crippen LogP contribution in [0.1, 0.15) is 49.9 Å². The summed E-state index contributed by atoms with van der Waals surface area (Å²) in [6.07, 6.45) is 0.191. The van der Waals surface area contributed by atoms with Gasteiger partial charge in [0, 0.05) is 27.7 Å². The molecule has 0 saturated heterocycles. The minimum Gasteiger partial charge on any atom is -0.350 e. The second kappa shape index (κ2) is 9.84.